The molecule has 0 fully saturated rings. The summed E-state index contributed by atoms with van der Waals surface area (Å²) < 4.78 is 31.8. The van der Waals surface area contributed by atoms with Crippen molar-refractivity contribution in [2.45, 2.75) is 24.3 Å². The number of sulfone groups is 1. The van der Waals surface area contributed by atoms with Crippen LogP contribution in [0.1, 0.15) is 11.1 Å². The van der Waals surface area contributed by atoms with Crippen LogP contribution >= 0.6 is 0 Å². The molecule has 134 valence electrons. The molecule has 0 aliphatic heterocycles. The second-order valence-electron chi connectivity index (χ2n) is 6.34. The molecule has 0 bridgehead atoms. The number of hydrogen-bond donors (Lipinski definition) is 0. The zero-order valence-electron chi connectivity index (χ0n) is 14.7. The first-order valence-corrected chi connectivity index (χ1v) is 10.2. The van der Waals surface area contributed by atoms with Gasteiger partial charge in [-0.05, 0) is 42.3 Å². The van der Waals surface area contributed by atoms with Gasteiger partial charge in [-0.2, -0.15) is 0 Å². The first-order valence-electron chi connectivity index (χ1n) is 8.58. The van der Waals surface area contributed by atoms with E-state index in [9.17, 15) is 8.42 Å². The van der Waals surface area contributed by atoms with Gasteiger partial charge in [-0.25, -0.2) is 8.42 Å². The van der Waals surface area contributed by atoms with Gasteiger partial charge in [0.25, 0.3) is 0 Å². The normalized spacial score (nSPS) is 12.5. The average molecular weight is 366 g/mol. The van der Waals surface area contributed by atoms with Crippen LogP contribution < -0.4 is 4.74 Å². The van der Waals surface area contributed by atoms with Crippen molar-refractivity contribution in [1.29, 1.82) is 0 Å². The first kappa shape index (κ1) is 18.2. The molecule has 1 unspecified atom stereocenters. The van der Waals surface area contributed by atoms with Crippen molar-refractivity contribution >= 4 is 9.84 Å². The van der Waals surface area contributed by atoms with E-state index in [4.69, 9.17) is 4.74 Å². The standard InChI is InChI=1S/C22H22O3S/c1-18-9-8-14-22(15-18)26(23,24)17-21(16-19-10-4-2-5-11-19)25-20-12-6-3-7-13-20/h2-15,21H,16-17H2,1H3. The van der Waals surface area contributed by atoms with E-state index in [1.165, 1.54) is 0 Å². The molecule has 0 N–H and O–H groups in total. The summed E-state index contributed by atoms with van der Waals surface area (Å²) in [4.78, 5) is 0.340. The van der Waals surface area contributed by atoms with Crippen molar-refractivity contribution in [3.8, 4) is 5.75 Å². The van der Waals surface area contributed by atoms with E-state index in [0.717, 1.165) is 11.1 Å². The summed E-state index contributed by atoms with van der Waals surface area (Å²) in [6.07, 6.45) is 0.0612. The van der Waals surface area contributed by atoms with Crippen LogP contribution in [0, 0.1) is 6.92 Å². The molecule has 4 heteroatoms. The Morgan fingerprint density at radius 1 is 0.846 bits per heavy atom. The van der Waals surface area contributed by atoms with Crippen LogP contribution in [0.15, 0.2) is 89.8 Å². The minimum absolute atomic E-state index is 0.0692. The summed E-state index contributed by atoms with van der Waals surface area (Å²) in [6, 6.07) is 26.2. The van der Waals surface area contributed by atoms with Crippen LogP contribution in [-0.2, 0) is 16.3 Å². The molecule has 26 heavy (non-hydrogen) atoms. The largest absolute Gasteiger partial charge is 0.489 e. The molecule has 0 heterocycles. The fraction of sp³-hybridized carbons (Fsp3) is 0.182. The summed E-state index contributed by atoms with van der Waals surface area (Å²) in [5.41, 5.74) is 1.97. The number of ether oxygens (including phenoxy) is 1. The third-order valence-electron chi connectivity index (χ3n) is 4.11. The molecule has 0 aliphatic rings. The molecule has 3 aromatic rings. The highest BCUT2D eigenvalue weighted by atomic mass is 32.2. The van der Waals surface area contributed by atoms with Gasteiger partial charge < -0.3 is 4.74 Å². The number of benzene rings is 3. The van der Waals surface area contributed by atoms with Crippen LogP contribution in [0.2, 0.25) is 0 Å². The Hall–Kier alpha value is -2.59. The second kappa shape index (κ2) is 8.19. The summed E-state index contributed by atoms with van der Waals surface area (Å²) in [5, 5.41) is 0. The van der Waals surface area contributed by atoms with Crippen LogP contribution in [0.3, 0.4) is 0 Å². The van der Waals surface area contributed by atoms with E-state index >= 15 is 0 Å². The van der Waals surface area contributed by atoms with Crippen LogP contribution in [0.4, 0.5) is 0 Å². The Bertz CT molecular complexity index is 894. The van der Waals surface area contributed by atoms with Gasteiger partial charge in [0.05, 0.1) is 10.6 Å². The van der Waals surface area contributed by atoms with Crippen molar-refractivity contribution < 1.29 is 13.2 Å². The number of hydrogen-bond acceptors (Lipinski definition) is 3. The lowest BCUT2D eigenvalue weighted by Crippen LogP contribution is -2.29. The zero-order valence-corrected chi connectivity index (χ0v) is 15.5. The molecule has 0 spiro atoms. The molecule has 0 radical (unpaired) electrons. The number of aryl methyl sites for hydroxylation is 1. The Kier molecular flexibility index (Phi) is 5.74. The van der Waals surface area contributed by atoms with E-state index in [0.29, 0.717) is 17.1 Å². The van der Waals surface area contributed by atoms with Crippen molar-refractivity contribution in [2.24, 2.45) is 0 Å². The van der Waals surface area contributed by atoms with E-state index in [-0.39, 0.29) is 5.75 Å². The van der Waals surface area contributed by atoms with E-state index in [1.54, 1.807) is 18.2 Å². The highest BCUT2D eigenvalue weighted by molar-refractivity contribution is 7.91. The predicted molar refractivity (Wildman–Crippen MR) is 104 cm³/mol. The highest BCUT2D eigenvalue weighted by Crippen LogP contribution is 2.19. The Morgan fingerprint density at radius 2 is 1.50 bits per heavy atom. The molecule has 0 aliphatic carbocycles. The fourth-order valence-corrected chi connectivity index (χ4v) is 4.37. The first-order chi connectivity index (χ1) is 12.5. The summed E-state index contributed by atoms with van der Waals surface area (Å²) in [6.45, 7) is 1.89. The smallest absolute Gasteiger partial charge is 0.182 e. The fourth-order valence-electron chi connectivity index (χ4n) is 2.85. The minimum Gasteiger partial charge on any atom is -0.489 e. The van der Waals surface area contributed by atoms with E-state index in [1.807, 2.05) is 73.7 Å². The summed E-state index contributed by atoms with van der Waals surface area (Å²) in [5.74, 6) is 0.605. The Morgan fingerprint density at radius 3 is 2.15 bits per heavy atom. The van der Waals surface area contributed by atoms with Gasteiger partial charge in [0.15, 0.2) is 9.84 Å². The van der Waals surface area contributed by atoms with Gasteiger partial charge in [0.2, 0.25) is 0 Å². The lowest BCUT2D eigenvalue weighted by Gasteiger charge is -2.20. The maximum atomic E-state index is 12.9. The molecule has 0 aromatic heterocycles. The molecular weight excluding hydrogens is 344 g/mol. The molecule has 0 saturated carbocycles. The van der Waals surface area contributed by atoms with Gasteiger partial charge in [0, 0.05) is 6.42 Å². The molecule has 3 nitrogen and oxygen atoms in total. The SMILES string of the molecule is Cc1cccc(S(=O)(=O)CC(Cc2ccccc2)Oc2ccccc2)c1. The van der Waals surface area contributed by atoms with Crippen LogP contribution in [0.5, 0.6) is 5.75 Å². The summed E-state index contributed by atoms with van der Waals surface area (Å²) in [7, 11) is -3.45. The van der Waals surface area contributed by atoms with Gasteiger partial charge in [-0.3, -0.25) is 0 Å². The van der Waals surface area contributed by atoms with Gasteiger partial charge in [0.1, 0.15) is 11.9 Å². The van der Waals surface area contributed by atoms with Crippen molar-refractivity contribution in [3.63, 3.8) is 0 Å². The molecule has 1 atom stereocenters. The Labute approximate surface area is 155 Å². The van der Waals surface area contributed by atoms with E-state index < -0.39 is 15.9 Å². The predicted octanol–water partition coefficient (Wildman–Crippen LogP) is 4.46. The van der Waals surface area contributed by atoms with Crippen LogP contribution in [-0.4, -0.2) is 20.3 Å². The topological polar surface area (TPSA) is 43.4 Å². The lowest BCUT2D eigenvalue weighted by atomic mass is 10.1. The number of rotatable bonds is 7. The third kappa shape index (κ3) is 4.96. The van der Waals surface area contributed by atoms with Crippen molar-refractivity contribution in [1.82, 2.24) is 0 Å². The second-order valence-corrected chi connectivity index (χ2v) is 8.37. The van der Waals surface area contributed by atoms with E-state index in [2.05, 4.69) is 0 Å². The zero-order chi connectivity index (χ0) is 18.4. The minimum atomic E-state index is -3.45. The molecule has 3 aromatic carbocycles. The molecule has 0 amide bonds. The van der Waals surface area contributed by atoms with Gasteiger partial charge in [-0.15, -0.1) is 0 Å². The maximum Gasteiger partial charge on any atom is 0.182 e. The summed E-state index contributed by atoms with van der Waals surface area (Å²) >= 11 is 0. The molecule has 3 rings (SSSR count). The Balaban J connectivity index is 1.84. The monoisotopic (exact) mass is 366 g/mol. The van der Waals surface area contributed by atoms with Gasteiger partial charge in [-0.1, -0.05) is 60.7 Å². The van der Waals surface area contributed by atoms with Gasteiger partial charge >= 0.3 is 0 Å². The third-order valence-corrected chi connectivity index (χ3v) is 5.89. The van der Waals surface area contributed by atoms with Crippen molar-refractivity contribution in [2.75, 3.05) is 5.75 Å². The quantitative estimate of drug-likeness (QED) is 0.620. The lowest BCUT2D eigenvalue weighted by molar-refractivity contribution is 0.224. The highest BCUT2D eigenvalue weighted by Gasteiger charge is 2.23. The van der Waals surface area contributed by atoms with Crippen molar-refractivity contribution in [3.05, 3.63) is 96.1 Å². The molecule has 0 saturated heterocycles. The van der Waals surface area contributed by atoms with Crippen LogP contribution in [0.25, 0.3) is 0 Å². The molecular formula is C22H22O3S. The number of para-hydroxylation sites is 1. The maximum absolute atomic E-state index is 12.9. The average Bonchev–Trinajstić information content (AvgIpc) is 2.63.